The first-order chi connectivity index (χ1) is 16.5. The van der Waals surface area contributed by atoms with E-state index in [1.165, 1.54) is 11.1 Å². The van der Waals surface area contributed by atoms with Gasteiger partial charge in [0.1, 0.15) is 11.6 Å². The van der Waals surface area contributed by atoms with Crippen molar-refractivity contribution in [1.82, 2.24) is 9.55 Å². The number of anilines is 1. The van der Waals surface area contributed by atoms with E-state index in [9.17, 15) is 4.79 Å². The Balaban J connectivity index is 1.35. The number of fused-ring (bicyclic) bond motifs is 1. The van der Waals surface area contributed by atoms with E-state index < -0.39 is 0 Å². The normalized spacial score (nSPS) is 15.9. The fourth-order valence-corrected chi connectivity index (χ4v) is 4.91. The van der Waals surface area contributed by atoms with Crippen molar-refractivity contribution in [3.8, 4) is 5.75 Å². The maximum Gasteiger partial charge on any atom is 0.227 e. The van der Waals surface area contributed by atoms with Crippen LogP contribution >= 0.6 is 0 Å². The van der Waals surface area contributed by atoms with Gasteiger partial charge in [-0.3, -0.25) is 4.79 Å². The predicted octanol–water partition coefficient (Wildman–Crippen LogP) is 5.95. The van der Waals surface area contributed by atoms with Crippen molar-refractivity contribution in [3.05, 3.63) is 89.2 Å². The van der Waals surface area contributed by atoms with E-state index in [2.05, 4.69) is 73.9 Å². The van der Waals surface area contributed by atoms with Gasteiger partial charge < -0.3 is 14.2 Å². The third kappa shape index (κ3) is 4.43. The molecule has 5 nitrogen and oxygen atoms in total. The molecule has 3 aromatic carbocycles. The summed E-state index contributed by atoms with van der Waals surface area (Å²) in [5.74, 6) is 2.13. The van der Waals surface area contributed by atoms with Crippen LogP contribution in [0.4, 0.5) is 5.69 Å². The molecule has 0 aliphatic carbocycles. The van der Waals surface area contributed by atoms with Crippen molar-refractivity contribution in [2.45, 2.75) is 46.1 Å². The standard InChI is InChI=1S/C29H31N3O2/c1-20-9-12-24(13-10-20)34-16-6-15-31-27-8-5-4-7-25(27)30-29(31)23-18-28(33)32(19-23)26-14-11-21(2)17-22(26)3/h4-5,7-14,17,23H,6,15-16,18-19H2,1-3H3/t23-/m0/s1. The molecule has 5 heteroatoms. The number of hydrogen-bond acceptors (Lipinski definition) is 3. The van der Waals surface area contributed by atoms with E-state index in [0.29, 0.717) is 19.6 Å². The summed E-state index contributed by atoms with van der Waals surface area (Å²) in [6.45, 7) is 8.32. The topological polar surface area (TPSA) is 47.4 Å². The smallest absolute Gasteiger partial charge is 0.227 e. The van der Waals surface area contributed by atoms with Crippen LogP contribution in [0, 0.1) is 20.8 Å². The molecule has 4 aromatic rings. The Hall–Kier alpha value is -3.60. The van der Waals surface area contributed by atoms with E-state index in [4.69, 9.17) is 9.72 Å². The molecular formula is C29H31N3O2. The number of hydrogen-bond donors (Lipinski definition) is 0. The second-order valence-electron chi connectivity index (χ2n) is 9.32. The lowest BCUT2D eigenvalue weighted by Crippen LogP contribution is -2.25. The Morgan fingerprint density at radius 3 is 2.53 bits per heavy atom. The molecule has 0 radical (unpaired) electrons. The minimum Gasteiger partial charge on any atom is -0.494 e. The number of carbonyl (C=O) groups excluding carboxylic acids is 1. The lowest BCUT2D eigenvalue weighted by atomic mass is 10.1. The molecule has 1 fully saturated rings. The molecule has 0 N–H and O–H groups in total. The van der Waals surface area contributed by atoms with Crippen molar-refractivity contribution >= 4 is 22.6 Å². The first kappa shape index (κ1) is 22.2. The lowest BCUT2D eigenvalue weighted by Gasteiger charge is -2.20. The zero-order chi connectivity index (χ0) is 23.7. The molecule has 1 saturated heterocycles. The summed E-state index contributed by atoms with van der Waals surface area (Å²) in [6, 6.07) is 22.7. The minimum atomic E-state index is 0.0682. The number of nitrogens with zero attached hydrogens (tertiary/aromatic N) is 3. The van der Waals surface area contributed by atoms with E-state index in [1.54, 1.807) is 0 Å². The van der Waals surface area contributed by atoms with Crippen LogP contribution in [-0.2, 0) is 11.3 Å². The molecule has 1 amide bonds. The first-order valence-corrected chi connectivity index (χ1v) is 12.0. The third-order valence-electron chi connectivity index (χ3n) is 6.63. The zero-order valence-electron chi connectivity index (χ0n) is 20.1. The average Bonchev–Trinajstić information content (AvgIpc) is 3.38. The van der Waals surface area contributed by atoms with Gasteiger partial charge in [-0.2, -0.15) is 0 Å². The van der Waals surface area contributed by atoms with Crippen LogP contribution in [-0.4, -0.2) is 28.6 Å². The van der Waals surface area contributed by atoms with Gasteiger partial charge in [0.05, 0.1) is 17.6 Å². The highest BCUT2D eigenvalue weighted by molar-refractivity contribution is 5.97. The summed E-state index contributed by atoms with van der Waals surface area (Å²) >= 11 is 0. The van der Waals surface area contributed by atoms with E-state index in [-0.39, 0.29) is 11.8 Å². The fourth-order valence-electron chi connectivity index (χ4n) is 4.91. The Labute approximate surface area is 201 Å². The SMILES string of the molecule is Cc1ccc(OCCCn2c([C@H]3CC(=O)N(c4ccc(C)cc4C)C3)nc3ccccc32)cc1. The van der Waals surface area contributed by atoms with Crippen molar-refractivity contribution in [3.63, 3.8) is 0 Å². The number of ether oxygens (including phenoxy) is 1. The van der Waals surface area contributed by atoms with Gasteiger partial charge in [-0.05, 0) is 63.1 Å². The maximum atomic E-state index is 13.0. The first-order valence-electron chi connectivity index (χ1n) is 12.0. The van der Waals surface area contributed by atoms with Crippen molar-refractivity contribution in [1.29, 1.82) is 0 Å². The summed E-state index contributed by atoms with van der Waals surface area (Å²) in [5, 5.41) is 0. The van der Waals surface area contributed by atoms with Crippen LogP contribution in [0.3, 0.4) is 0 Å². The quantitative estimate of drug-likeness (QED) is 0.325. The van der Waals surface area contributed by atoms with Crippen molar-refractivity contribution < 1.29 is 9.53 Å². The molecule has 0 unspecified atom stereocenters. The number of imidazole rings is 1. The minimum absolute atomic E-state index is 0.0682. The molecule has 1 aliphatic heterocycles. The number of aryl methyl sites for hydroxylation is 4. The summed E-state index contributed by atoms with van der Waals surface area (Å²) in [7, 11) is 0. The van der Waals surface area contributed by atoms with Crippen LogP contribution in [0.25, 0.3) is 11.0 Å². The molecule has 1 aliphatic rings. The molecule has 5 rings (SSSR count). The molecule has 1 aromatic heterocycles. The molecule has 0 bridgehead atoms. The average molecular weight is 454 g/mol. The molecule has 0 saturated carbocycles. The van der Waals surface area contributed by atoms with Gasteiger partial charge in [0, 0.05) is 31.1 Å². The predicted molar refractivity (Wildman–Crippen MR) is 137 cm³/mol. The molecule has 34 heavy (non-hydrogen) atoms. The Bertz CT molecular complexity index is 1320. The van der Waals surface area contributed by atoms with Crippen LogP contribution < -0.4 is 9.64 Å². The van der Waals surface area contributed by atoms with E-state index in [0.717, 1.165) is 46.8 Å². The van der Waals surface area contributed by atoms with Gasteiger partial charge in [-0.1, -0.05) is 47.5 Å². The Morgan fingerprint density at radius 2 is 1.74 bits per heavy atom. The molecule has 1 atom stereocenters. The largest absolute Gasteiger partial charge is 0.494 e. The van der Waals surface area contributed by atoms with Crippen LogP contribution in [0.1, 0.15) is 41.3 Å². The molecule has 0 spiro atoms. The molecular weight excluding hydrogens is 422 g/mol. The van der Waals surface area contributed by atoms with Gasteiger partial charge in [0.15, 0.2) is 0 Å². The number of carbonyl (C=O) groups is 1. The zero-order valence-corrected chi connectivity index (χ0v) is 20.1. The van der Waals surface area contributed by atoms with Crippen LogP contribution in [0.5, 0.6) is 5.75 Å². The highest BCUT2D eigenvalue weighted by Crippen LogP contribution is 2.34. The Kier molecular flexibility index (Phi) is 6.10. The second-order valence-corrected chi connectivity index (χ2v) is 9.32. The van der Waals surface area contributed by atoms with Gasteiger partial charge >= 0.3 is 0 Å². The summed E-state index contributed by atoms with van der Waals surface area (Å²) in [6.07, 6.45) is 1.35. The summed E-state index contributed by atoms with van der Waals surface area (Å²) in [5.41, 5.74) is 6.67. The summed E-state index contributed by atoms with van der Waals surface area (Å²) in [4.78, 5) is 19.9. The number of amides is 1. The highest BCUT2D eigenvalue weighted by atomic mass is 16.5. The maximum absolute atomic E-state index is 13.0. The fraction of sp³-hybridized carbons (Fsp3) is 0.310. The van der Waals surface area contributed by atoms with Gasteiger partial charge in [0.25, 0.3) is 0 Å². The summed E-state index contributed by atoms with van der Waals surface area (Å²) < 4.78 is 8.24. The number of rotatable bonds is 7. The number of aromatic nitrogens is 2. The molecule has 174 valence electrons. The highest BCUT2D eigenvalue weighted by Gasteiger charge is 2.35. The van der Waals surface area contributed by atoms with Crippen molar-refractivity contribution in [2.75, 3.05) is 18.1 Å². The van der Waals surface area contributed by atoms with Crippen LogP contribution in [0.2, 0.25) is 0 Å². The van der Waals surface area contributed by atoms with Gasteiger partial charge in [-0.25, -0.2) is 4.98 Å². The second kappa shape index (κ2) is 9.34. The number of para-hydroxylation sites is 2. The Morgan fingerprint density at radius 1 is 0.971 bits per heavy atom. The van der Waals surface area contributed by atoms with Crippen LogP contribution in [0.15, 0.2) is 66.7 Å². The van der Waals surface area contributed by atoms with E-state index in [1.807, 2.05) is 23.1 Å². The van der Waals surface area contributed by atoms with E-state index >= 15 is 0 Å². The van der Waals surface area contributed by atoms with Crippen molar-refractivity contribution in [2.24, 2.45) is 0 Å². The lowest BCUT2D eigenvalue weighted by molar-refractivity contribution is -0.117. The molecule has 2 heterocycles. The van der Waals surface area contributed by atoms with Gasteiger partial charge in [-0.15, -0.1) is 0 Å². The van der Waals surface area contributed by atoms with Gasteiger partial charge in [0.2, 0.25) is 5.91 Å². The monoisotopic (exact) mass is 453 g/mol. The third-order valence-corrected chi connectivity index (χ3v) is 6.63. The number of benzene rings is 3.